The van der Waals surface area contributed by atoms with Gasteiger partial charge in [0.2, 0.25) is 0 Å². The molecule has 0 aliphatic rings. The van der Waals surface area contributed by atoms with E-state index in [-0.39, 0.29) is 0 Å². The van der Waals surface area contributed by atoms with E-state index in [0.717, 1.165) is 49.8 Å². The molecule has 0 aliphatic carbocycles. The first-order chi connectivity index (χ1) is 13.7. The van der Waals surface area contributed by atoms with E-state index in [0.29, 0.717) is 38.9 Å². The number of guanidine groups is 1. The maximum absolute atomic E-state index is 5.65. The van der Waals surface area contributed by atoms with Gasteiger partial charge in [-0.25, -0.2) is 4.99 Å². The van der Waals surface area contributed by atoms with Gasteiger partial charge in [-0.05, 0) is 37.3 Å². The molecular formula is C22H39N3O3. The summed E-state index contributed by atoms with van der Waals surface area (Å²) >= 11 is 0. The van der Waals surface area contributed by atoms with Crippen LogP contribution in [0.4, 0.5) is 0 Å². The predicted octanol–water partition coefficient (Wildman–Crippen LogP) is 3.36. The Kier molecular flexibility index (Phi) is 14.2. The topological polar surface area (TPSA) is 64.1 Å². The number of hydrogen-bond donors (Lipinski definition) is 2. The van der Waals surface area contributed by atoms with Gasteiger partial charge in [-0.15, -0.1) is 0 Å². The summed E-state index contributed by atoms with van der Waals surface area (Å²) in [4.78, 5) is 4.67. The number of ether oxygens (including phenoxy) is 3. The fraction of sp³-hybridized carbons (Fsp3) is 0.682. The molecule has 0 spiro atoms. The summed E-state index contributed by atoms with van der Waals surface area (Å²) < 4.78 is 16.6. The van der Waals surface area contributed by atoms with Crippen LogP contribution in [0.1, 0.15) is 45.2 Å². The number of aliphatic imine (C=N–C) groups is 1. The number of nitrogens with one attached hydrogen (secondary N) is 2. The lowest BCUT2D eigenvalue weighted by molar-refractivity contribution is 0.0453. The smallest absolute Gasteiger partial charge is 0.191 e. The third kappa shape index (κ3) is 12.7. The van der Waals surface area contributed by atoms with Crippen LogP contribution in [0.5, 0.6) is 0 Å². The molecule has 2 N–H and O–H groups in total. The number of rotatable bonds is 15. The van der Waals surface area contributed by atoms with Crippen molar-refractivity contribution in [2.45, 2.75) is 47.3 Å². The van der Waals surface area contributed by atoms with Crippen LogP contribution < -0.4 is 10.6 Å². The largest absolute Gasteiger partial charge is 0.380 e. The molecule has 6 heteroatoms. The molecule has 1 aromatic carbocycles. The van der Waals surface area contributed by atoms with Gasteiger partial charge in [0.25, 0.3) is 0 Å². The van der Waals surface area contributed by atoms with Crippen molar-refractivity contribution >= 4 is 5.96 Å². The van der Waals surface area contributed by atoms with E-state index in [1.165, 1.54) is 0 Å². The Balaban J connectivity index is 2.38. The first kappa shape index (κ1) is 24.4. The minimum absolute atomic E-state index is 0.594. The van der Waals surface area contributed by atoms with Crippen molar-refractivity contribution in [3.8, 4) is 0 Å². The van der Waals surface area contributed by atoms with Crippen LogP contribution in [0.2, 0.25) is 0 Å². The first-order valence-electron chi connectivity index (χ1n) is 10.5. The summed E-state index contributed by atoms with van der Waals surface area (Å²) in [6.45, 7) is 14.7. The van der Waals surface area contributed by atoms with Crippen LogP contribution in [0.15, 0.2) is 29.3 Å². The molecule has 0 saturated heterocycles. The summed E-state index contributed by atoms with van der Waals surface area (Å²) in [7, 11) is 0. The van der Waals surface area contributed by atoms with Crippen molar-refractivity contribution in [1.29, 1.82) is 0 Å². The van der Waals surface area contributed by atoms with Crippen LogP contribution in [-0.4, -0.2) is 52.1 Å². The maximum atomic E-state index is 5.65. The first-order valence-corrected chi connectivity index (χ1v) is 10.5. The molecule has 6 nitrogen and oxygen atoms in total. The molecule has 28 heavy (non-hydrogen) atoms. The van der Waals surface area contributed by atoms with E-state index >= 15 is 0 Å². The molecule has 0 aliphatic heterocycles. The van der Waals surface area contributed by atoms with Crippen molar-refractivity contribution in [3.63, 3.8) is 0 Å². The van der Waals surface area contributed by atoms with E-state index in [4.69, 9.17) is 14.2 Å². The molecule has 0 unspecified atom stereocenters. The maximum Gasteiger partial charge on any atom is 0.191 e. The van der Waals surface area contributed by atoms with Crippen molar-refractivity contribution in [2.24, 2.45) is 10.9 Å². The molecular weight excluding hydrogens is 354 g/mol. The van der Waals surface area contributed by atoms with Crippen LogP contribution in [-0.2, 0) is 27.4 Å². The van der Waals surface area contributed by atoms with Crippen molar-refractivity contribution in [1.82, 2.24) is 10.6 Å². The van der Waals surface area contributed by atoms with Gasteiger partial charge in [0.15, 0.2) is 5.96 Å². The predicted molar refractivity (Wildman–Crippen MR) is 116 cm³/mol. The molecule has 0 bridgehead atoms. The number of benzene rings is 1. The van der Waals surface area contributed by atoms with Crippen LogP contribution in [0.25, 0.3) is 0 Å². The summed E-state index contributed by atoms with van der Waals surface area (Å²) in [5.41, 5.74) is 2.32. The third-order valence-corrected chi connectivity index (χ3v) is 3.98. The van der Waals surface area contributed by atoms with Gasteiger partial charge in [-0.3, -0.25) is 0 Å². The number of hydrogen-bond acceptors (Lipinski definition) is 4. The summed E-state index contributed by atoms with van der Waals surface area (Å²) in [5, 5.41) is 6.60. The highest BCUT2D eigenvalue weighted by molar-refractivity contribution is 5.79. The van der Waals surface area contributed by atoms with Gasteiger partial charge in [0, 0.05) is 26.3 Å². The van der Waals surface area contributed by atoms with Gasteiger partial charge in [0.05, 0.1) is 33.0 Å². The lowest BCUT2D eigenvalue weighted by Gasteiger charge is -2.12. The third-order valence-electron chi connectivity index (χ3n) is 3.98. The summed E-state index contributed by atoms with van der Waals surface area (Å²) in [5.74, 6) is 1.49. The molecule has 0 radical (unpaired) electrons. The van der Waals surface area contributed by atoms with Gasteiger partial charge < -0.3 is 24.8 Å². The molecule has 0 saturated carbocycles. The average Bonchev–Trinajstić information content (AvgIpc) is 2.68. The standard InChI is InChI=1S/C22H39N3O3/c1-5-23-22(24-11-13-27-12-10-19(3)4)25-17-20-8-7-9-21(16-20)18-28-15-14-26-6-2/h7-9,16,19H,5-6,10-15,17-18H2,1-4H3,(H2,23,24,25). The van der Waals surface area contributed by atoms with Crippen LogP contribution in [0, 0.1) is 5.92 Å². The van der Waals surface area contributed by atoms with Crippen molar-refractivity contribution in [3.05, 3.63) is 35.4 Å². The lowest BCUT2D eigenvalue weighted by Crippen LogP contribution is -2.39. The normalized spacial score (nSPS) is 11.8. The Morgan fingerprint density at radius 2 is 1.75 bits per heavy atom. The zero-order chi connectivity index (χ0) is 20.5. The molecule has 1 rings (SSSR count). The molecule has 160 valence electrons. The molecule has 0 atom stereocenters. The fourth-order valence-electron chi connectivity index (χ4n) is 2.44. The lowest BCUT2D eigenvalue weighted by atomic mass is 10.1. The van der Waals surface area contributed by atoms with Gasteiger partial charge in [0.1, 0.15) is 0 Å². The van der Waals surface area contributed by atoms with E-state index in [1.54, 1.807) is 0 Å². The summed E-state index contributed by atoms with van der Waals surface area (Å²) in [6, 6.07) is 8.36. The van der Waals surface area contributed by atoms with E-state index in [1.807, 2.05) is 6.92 Å². The minimum Gasteiger partial charge on any atom is -0.380 e. The van der Waals surface area contributed by atoms with Crippen LogP contribution >= 0.6 is 0 Å². The van der Waals surface area contributed by atoms with Crippen molar-refractivity contribution < 1.29 is 14.2 Å². The second kappa shape index (κ2) is 16.3. The second-order valence-electron chi connectivity index (χ2n) is 6.99. The SMILES string of the molecule is CCNC(=NCc1cccc(COCCOCC)c1)NCCOCCC(C)C. The van der Waals surface area contributed by atoms with Gasteiger partial charge in [-0.2, -0.15) is 0 Å². The zero-order valence-electron chi connectivity index (χ0n) is 18.1. The Bertz CT molecular complexity index is 536. The molecule has 0 aromatic heterocycles. The monoisotopic (exact) mass is 393 g/mol. The highest BCUT2D eigenvalue weighted by Crippen LogP contribution is 2.08. The average molecular weight is 394 g/mol. The van der Waals surface area contributed by atoms with Gasteiger partial charge >= 0.3 is 0 Å². The zero-order valence-corrected chi connectivity index (χ0v) is 18.1. The second-order valence-corrected chi connectivity index (χ2v) is 6.99. The van der Waals surface area contributed by atoms with Crippen LogP contribution in [0.3, 0.4) is 0 Å². The minimum atomic E-state index is 0.594. The molecule has 0 fully saturated rings. The summed E-state index contributed by atoms with van der Waals surface area (Å²) in [6.07, 6.45) is 1.10. The molecule has 0 amide bonds. The quantitative estimate of drug-likeness (QED) is 0.272. The van der Waals surface area contributed by atoms with Crippen molar-refractivity contribution in [2.75, 3.05) is 46.1 Å². The highest BCUT2D eigenvalue weighted by Gasteiger charge is 2.00. The molecule has 0 heterocycles. The fourth-order valence-corrected chi connectivity index (χ4v) is 2.44. The highest BCUT2D eigenvalue weighted by atomic mass is 16.5. The van der Waals surface area contributed by atoms with E-state index < -0.39 is 0 Å². The number of nitrogens with zero attached hydrogens (tertiary/aromatic N) is 1. The molecule has 1 aromatic rings. The van der Waals surface area contributed by atoms with E-state index in [2.05, 4.69) is 60.7 Å². The Morgan fingerprint density at radius 3 is 2.50 bits per heavy atom. The van der Waals surface area contributed by atoms with E-state index in [9.17, 15) is 0 Å². The Hall–Kier alpha value is -1.63. The Labute approximate surface area is 171 Å². The van der Waals surface area contributed by atoms with Gasteiger partial charge in [-0.1, -0.05) is 38.1 Å². The Morgan fingerprint density at radius 1 is 0.964 bits per heavy atom.